The number of rotatable bonds is 6. The van der Waals surface area contributed by atoms with Crippen LogP contribution in [0.5, 0.6) is 0 Å². The highest BCUT2D eigenvalue weighted by molar-refractivity contribution is 6.30. The van der Waals surface area contributed by atoms with E-state index < -0.39 is 24.3 Å². The van der Waals surface area contributed by atoms with Crippen LogP contribution in [0.1, 0.15) is 92.9 Å². The van der Waals surface area contributed by atoms with Gasteiger partial charge < -0.3 is 10.1 Å². The van der Waals surface area contributed by atoms with E-state index in [1.165, 1.54) is 18.2 Å². The van der Waals surface area contributed by atoms with Crippen LogP contribution in [0.2, 0.25) is 0 Å². The maximum absolute atomic E-state index is 13.1. The Bertz CT molecular complexity index is 1330. The number of nitrogens with one attached hydrogen (secondary N) is 1. The predicted molar refractivity (Wildman–Crippen MR) is 133 cm³/mol. The molecule has 0 aliphatic heterocycles. The summed E-state index contributed by atoms with van der Waals surface area (Å²) in [5.41, 5.74) is 3.40. The number of anilines is 1. The fraction of sp³-hybridized carbons (Fsp3) is 0.241. The third kappa shape index (κ3) is 4.52. The van der Waals surface area contributed by atoms with Crippen molar-refractivity contribution >= 4 is 29.1 Å². The van der Waals surface area contributed by atoms with E-state index in [4.69, 9.17) is 4.74 Å². The van der Waals surface area contributed by atoms with Crippen molar-refractivity contribution in [1.29, 1.82) is 0 Å². The molecule has 6 heteroatoms. The third-order valence-electron chi connectivity index (χ3n) is 6.14. The molecular weight excluding hydrogens is 442 g/mol. The van der Waals surface area contributed by atoms with Crippen molar-refractivity contribution in [2.75, 3.05) is 11.9 Å². The molecule has 35 heavy (non-hydrogen) atoms. The summed E-state index contributed by atoms with van der Waals surface area (Å²) in [4.78, 5) is 51.7. The van der Waals surface area contributed by atoms with Crippen molar-refractivity contribution in [3.05, 3.63) is 99.6 Å². The highest BCUT2D eigenvalue weighted by atomic mass is 16.5. The molecule has 0 heterocycles. The Morgan fingerprint density at radius 2 is 1.29 bits per heavy atom. The number of esters is 1. The number of amides is 1. The smallest absolute Gasteiger partial charge is 0.339 e. The molecule has 0 aromatic heterocycles. The molecule has 0 atom stereocenters. The molecule has 0 bridgehead atoms. The first kappa shape index (κ1) is 24.1. The quantitative estimate of drug-likeness (QED) is 0.377. The number of ether oxygens (including phenoxy) is 1. The molecule has 3 aromatic rings. The fourth-order valence-corrected chi connectivity index (χ4v) is 4.39. The molecular formula is C29H27NO5. The van der Waals surface area contributed by atoms with Gasteiger partial charge >= 0.3 is 5.97 Å². The van der Waals surface area contributed by atoms with E-state index in [1.54, 1.807) is 24.3 Å². The third-order valence-corrected chi connectivity index (χ3v) is 6.14. The summed E-state index contributed by atoms with van der Waals surface area (Å²) >= 11 is 0. The van der Waals surface area contributed by atoms with Crippen molar-refractivity contribution in [2.45, 2.75) is 39.5 Å². The van der Waals surface area contributed by atoms with Gasteiger partial charge in [-0.2, -0.15) is 0 Å². The van der Waals surface area contributed by atoms with Gasteiger partial charge in [-0.25, -0.2) is 4.79 Å². The van der Waals surface area contributed by atoms with Crippen molar-refractivity contribution in [3.63, 3.8) is 0 Å². The van der Waals surface area contributed by atoms with Crippen LogP contribution in [0, 0.1) is 0 Å². The molecule has 0 spiro atoms. The maximum atomic E-state index is 13.1. The average molecular weight is 470 g/mol. The Kier molecular flexibility index (Phi) is 6.65. The summed E-state index contributed by atoms with van der Waals surface area (Å²) in [5.74, 6) is -1.68. The highest BCUT2D eigenvalue weighted by Gasteiger charge is 2.33. The Labute approximate surface area is 204 Å². The second kappa shape index (κ2) is 9.66. The fourth-order valence-electron chi connectivity index (χ4n) is 4.39. The minimum atomic E-state index is -0.834. The van der Waals surface area contributed by atoms with Crippen LogP contribution in [-0.2, 0) is 9.53 Å². The van der Waals surface area contributed by atoms with Crippen LogP contribution < -0.4 is 5.32 Å². The number of hydrogen-bond acceptors (Lipinski definition) is 5. The van der Waals surface area contributed by atoms with Crippen molar-refractivity contribution in [1.82, 2.24) is 0 Å². The van der Waals surface area contributed by atoms with E-state index in [0.29, 0.717) is 5.56 Å². The molecule has 178 valence electrons. The molecule has 0 saturated heterocycles. The van der Waals surface area contributed by atoms with Gasteiger partial charge in [0.15, 0.2) is 18.2 Å². The first-order valence-corrected chi connectivity index (χ1v) is 11.6. The van der Waals surface area contributed by atoms with Gasteiger partial charge in [0.05, 0.1) is 5.56 Å². The first-order chi connectivity index (χ1) is 16.7. The van der Waals surface area contributed by atoms with Gasteiger partial charge in [-0.3, -0.25) is 14.4 Å². The molecule has 0 fully saturated rings. The second-order valence-corrected chi connectivity index (χ2v) is 9.18. The van der Waals surface area contributed by atoms with E-state index in [0.717, 1.165) is 16.8 Å². The summed E-state index contributed by atoms with van der Waals surface area (Å²) in [6.07, 6.45) is 0. The molecule has 1 amide bonds. The summed E-state index contributed by atoms with van der Waals surface area (Å²) in [7, 11) is 0. The number of benzene rings is 3. The van der Waals surface area contributed by atoms with Crippen molar-refractivity contribution in [3.8, 4) is 0 Å². The molecule has 3 aromatic carbocycles. The first-order valence-electron chi connectivity index (χ1n) is 11.6. The monoisotopic (exact) mass is 469 g/mol. The lowest BCUT2D eigenvalue weighted by atomic mass is 9.82. The van der Waals surface area contributed by atoms with Crippen LogP contribution in [0.3, 0.4) is 0 Å². The Balaban J connectivity index is 1.55. The predicted octanol–water partition coefficient (Wildman–Crippen LogP) is 5.50. The van der Waals surface area contributed by atoms with Crippen LogP contribution in [0.15, 0.2) is 60.7 Å². The molecule has 0 saturated carbocycles. The van der Waals surface area contributed by atoms with E-state index in [-0.39, 0.29) is 39.9 Å². The number of ketones is 2. The normalized spacial score (nSPS) is 12.4. The summed E-state index contributed by atoms with van der Waals surface area (Å²) in [6, 6.07) is 16.9. The van der Waals surface area contributed by atoms with E-state index in [9.17, 15) is 19.2 Å². The van der Waals surface area contributed by atoms with Crippen LogP contribution in [-0.4, -0.2) is 30.0 Å². The minimum Gasteiger partial charge on any atom is -0.452 e. The molecule has 1 N–H and O–H groups in total. The topological polar surface area (TPSA) is 89.5 Å². The van der Waals surface area contributed by atoms with Gasteiger partial charge in [-0.05, 0) is 29.0 Å². The van der Waals surface area contributed by atoms with Crippen LogP contribution >= 0.6 is 0 Å². The maximum Gasteiger partial charge on any atom is 0.339 e. The lowest BCUT2D eigenvalue weighted by Crippen LogP contribution is -2.26. The molecule has 1 aliphatic rings. The number of para-hydroxylation sites is 1. The van der Waals surface area contributed by atoms with Crippen molar-refractivity contribution in [2.24, 2.45) is 0 Å². The average Bonchev–Trinajstić information content (AvgIpc) is 2.85. The molecule has 0 radical (unpaired) electrons. The SMILES string of the molecule is CC(C)c1cccc(C(C)C)c1NC(=O)COC(=O)c1cccc2c1C(=O)c1ccccc1C2=O. The van der Waals surface area contributed by atoms with Gasteiger partial charge in [0.25, 0.3) is 5.91 Å². The largest absolute Gasteiger partial charge is 0.452 e. The van der Waals surface area contributed by atoms with E-state index >= 15 is 0 Å². The lowest BCUT2D eigenvalue weighted by molar-refractivity contribution is -0.119. The molecule has 6 nitrogen and oxygen atoms in total. The number of hydrogen-bond donors (Lipinski definition) is 1. The lowest BCUT2D eigenvalue weighted by Gasteiger charge is -2.20. The van der Waals surface area contributed by atoms with Gasteiger partial charge in [0.1, 0.15) is 0 Å². The summed E-state index contributed by atoms with van der Waals surface area (Å²) in [6.45, 7) is 7.66. The van der Waals surface area contributed by atoms with E-state index in [2.05, 4.69) is 5.32 Å². The number of carbonyl (C=O) groups is 4. The van der Waals surface area contributed by atoms with Gasteiger partial charge in [0, 0.05) is 27.9 Å². The summed E-state index contributed by atoms with van der Waals surface area (Å²) < 4.78 is 5.29. The minimum absolute atomic E-state index is 0.00820. The van der Waals surface area contributed by atoms with Gasteiger partial charge in [-0.15, -0.1) is 0 Å². The molecule has 1 aliphatic carbocycles. The zero-order valence-corrected chi connectivity index (χ0v) is 20.2. The second-order valence-electron chi connectivity index (χ2n) is 9.18. The van der Waals surface area contributed by atoms with Crippen molar-refractivity contribution < 1.29 is 23.9 Å². The van der Waals surface area contributed by atoms with Gasteiger partial charge in [-0.1, -0.05) is 82.3 Å². The van der Waals surface area contributed by atoms with Gasteiger partial charge in [0.2, 0.25) is 0 Å². The number of fused-ring (bicyclic) bond motifs is 2. The molecule has 4 rings (SSSR count). The van der Waals surface area contributed by atoms with E-state index in [1.807, 2.05) is 45.9 Å². The zero-order valence-electron chi connectivity index (χ0n) is 20.2. The Morgan fingerprint density at radius 1 is 0.743 bits per heavy atom. The molecule has 0 unspecified atom stereocenters. The van der Waals surface area contributed by atoms with Crippen LogP contribution in [0.4, 0.5) is 5.69 Å². The summed E-state index contributed by atoms with van der Waals surface area (Å²) in [5, 5.41) is 2.90. The number of carbonyl (C=O) groups excluding carboxylic acids is 4. The van der Waals surface area contributed by atoms with Crippen LogP contribution in [0.25, 0.3) is 0 Å². The zero-order chi connectivity index (χ0) is 25.3. The standard InChI is InChI=1S/C29H27NO5/c1-16(2)18-11-7-12-19(17(3)4)26(18)30-24(31)15-35-29(34)23-14-8-13-22-25(23)28(33)21-10-6-5-9-20(21)27(22)32/h5-14,16-17H,15H2,1-4H3,(H,30,31). The highest BCUT2D eigenvalue weighted by Crippen LogP contribution is 2.33. The Morgan fingerprint density at radius 3 is 1.89 bits per heavy atom. The Hall–Kier alpha value is -4.06.